The Kier molecular flexibility index (Phi) is 7.98. The Bertz CT molecular complexity index is 202. The maximum Gasteiger partial charge on any atom is 0.162 e. The van der Waals surface area contributed by atoms with E-state index in [9.17, 15) is 0 Å². The summed E-state index contributed by atoms with van der Waals surface area (Å²) in [6.07, 6.45) is 0. The van der Waals surface area contributed by atoms with Gasteiger partial charge in [-0.15, -0.1) is 0 Å². The smallest absolute Gasteiger partial charge is 0.162 e. The predicted octanol–water partition coefficient (Wildman–Crippen LogP) is 2.89. The summed E-state index contributed by atoms with van der Waals surface area (Å²) in [6.45, 7) is 17.8. The Morgan fingerprint density at radius 1 is 0.722 bits per heavy atom. The first-order chi connectivity index (χ1) is 8.09. The van der Waals surface area contributed by atoms with Crippen molar-refractivity contribution in [2.45, 2.75) is 78.7 Å². The van der Waals surface area contributed by atoms with E-state index in [0.717, 1.165) is 0 Å². The van der Waals surface area contributed by atoms with Crippen LogP contribution < -0.4 is 0 Å². The highest BCUT2D eigenvalue weighted by Gasteiger charge is 2.23. The first-order valence-electron chi connectivity index (χ1n) is 7.37. The summed E-state index contributed by atoms with van der Waals surface area (Å²) in [5.41, 5.74) is 0.123. The molecule has 0 spiro atoms. The van der Waals surface area contributed by atoms with Gasteiger partial charge in [0.1, 0.15) is 0 Å². The summed E-state index contributed by atoms with van der Waals surface area (Å²) in [7, 11) is -0.729. The Labute approximate surface area is 119 Å². The van der Waals surface area contributed by atoms with Crippen molar-refractivity contribution in [2.24, 2.45) is 11.8 Å². The van der Waals surface area contributed by atoms with E-state index in [1.165, 1.54) is 12.1 Å². The summed E-state index contributed by atoms with van der Waals surface area (Å²) in [6, 6.07) is 2.55. The fourth-order valence-electron chi connectivity index (χ4n) is 1.21. The Hall–Kier alpha value is 0.354. The van der Waals surface area contributed by atoms with Gasteiger partial charge >= 0.3 is 0 Å². The summed E-state index contributed by atoms with van der Waals surface area (Å²) < 4.78 is 12.2. The van der Waals surface area contributed by atoms with Crippen LogP contribution in [0.1, 0.15) is 55.4 Å². The van der Waals surface area contributed by atoms with Crippen LogP contribution in [-0.2, 0) is 8.85 Å². The van der Waals surface area contributed by atoms with Gasteiger partial charge in [-0.05, 0) is 51.6 Å². The van der Waals surface area contributed by atoms with Crippen molar-refractivity contribution in [3.8, 4) is 0 Å². The van der Waals surface area contributed by atoms with E-state index in [1.54, 1.807) is 0 Å². The predicted molar refractivity (Wildman–Crippen MR) is 86.7 cm³/mol. The molecule has 18 heavy (non-hydrogen) atoms. The van der Waals surface area contributed by atoms with Gasteiger partial charge in [-0.2, -0.15) is 0 Å². The van der Waals surface area contributed by atoms with Gasteiger partial charge in [0.2, 0.25) is 0 Å². The number of hydrogen-bond acceptors (Lipinski definition) is 2. The van der Waals surface area contributed by atoms with Gasteiger partial charge in [0.05, 0.1) is 11.2 Å². The topological polar surface area (TPSA) is 18.5 Å². The maximum absolute atomic E-state index is 6.08. The standard InChI is InChI=1S/C14H34O2Si2/c1-11(2)13(5,6)15-17-9-10-18-16-14(7,8)12(3)4/h11-12H,9-10,17-18H2,1-8H3. The van der Waals surface area contributed by atoms with Gasteiger partial charge in [-0.1, -0.05) is 27.7 Å². The molecule has 0 aliphatic carbocycles. The highest BCUT2D eigenvalue weighted by atomic mass is 28.2. The van der Waals surface area contributed by atoms with E-state index in [4.69, 9.17) is 8.85 Å². The molecule has 0 N–H and O–H groups in total. The number of rotatable bonds is 9. The van der Waals surface area contributed by atoms with Crippen molar-refractivity contribution < 1.29 is 8.85 Å². The molecule has 0 bridgehead atoms. The normalized spacial score (nSPS) is 15.0. The van der Waals surface area contributed by atoms with E-state index < -0.39 is 0 Å². The van der Waals surface area contributed by atoms with Crippen LogP contribution in [0.5, 0.6) is 0 Å². The Balaban J connectivity index is 3.65. The highest BCUT2D eigenvalue weighted by molar-refractivity contribution is 6.34. The van der Waals surface area contributed by atoms with Gasteiger partial charge in [0, 0.05) is 0 Å². The molecule has 4 heteroatoms. The zero-order chi connectivity index (χ0) is 14.4. The Morgan fingerprint density at radius 3 is 1.22 bits per heavy atom. The lowest BCUT2D eigenvalue weighted by molar-refractivity contribution is 0.0614. The van der Waals surface area contributed by atoms with Crippen LogP contribution in [0.15, 0.2) is 0 Å². The molecule has 110 valence electrons. The van der Waals surface area contributed by atoms with E-state index >= 15 is 0 Å². The second-order valence-electron chi connectivity index (χ2n) is 6.92. The molecule has 0 amide bonds. The average Bonchev–Trinajstić information content (AvgIpc) is 2.22. The van der Waals surface area contributed by atoms with Gasteiger partial charge in [-0.3, -0.25) is 0 Å². The third kappa shape index (κ3) is 7.07. The van der Waals surface area contributed by atoms with Gasteiger partial charge in [-0.25, -0.2) is 0 Å². The molecular weight excluding hydrogens is 256 g/mol. The molecule has 0 aromatic heterocycles. The van der Waals surface area contributed by atoms with Crippen molar-refractivity contribution in [1.29, 1.82) is 0 Å². The fourth-order valence-corrected chi connectivity index (χ4v) is 4.85. The zero-order valence-corrected chi connectivity index (χ0v) is 16.6. The maximum atomic E-state index is 6.08. The summed E-state index contributed by atoms with van der Waals surface area (Å²) in [5, 5.41) is 0. The molecule has 0 unspecified atom stereocenters. The second-order valence-corrected chi connectivity index (χ2v) is 9.73. The van der Waals surface area contributed by atoms with Crippen LogP contribution in [0.2, 0.25) is 12.1 Å². The van der Waals surface area contributed by atoms with E-state index in [1.807, 2.05) is 0 Å². The van der Waals surface area contributed by atoms with Gasteiger partial charge in [0.15, 0.2) is 19.5 Å². The zero-order valence-electron chi connectivity index (χ0n) is 13.8. The lowest BCUT2D eigenvalue weighted by Gasteiger charge is -2.31. The first-order valence-corrected chi connectivity index (χ1v) is 10.5. The molecular formula is C14H34O2Si2. The second kappa shape index (κ2) is 7.83. The summed E-state index contributed by atoms with van der Waals surface area (Å²) in [4.78, 5) is 0. The number of hydrogen-bond donors (Lipinski definition) is 0. The highest BCUT2D eigenvalue weighted by Crippen LogP contribution is 2.21. The molecule has 0 aliphatic heterocycles. The molecule has 0 atom stereocenters. The lowest BCUT2D eigenvalue weighted by atomic mass is 9.95. The minimum absolute atomic E-state index is 0.0613. The molecule has 0 rings (SSSR count). The molecule has 0 radical (unpaired) electrons. The van der Waals surface area contributed by atoms with Crippen molar-refractivity contribution in [2.75, 3.05) is 0 Å². The van der Waals surface area contributed by atoms with Gasteiger partial charge in [0.25, 0.3) is 0 Å². The van der Waals surface area contributed by atoms with E-state index in [2.05, 4.69) is 55.4 Å². The van der Waals surface area contributed by atoms with Crippen LogP contribution in [0.25, 0.3) is 0 Å². The van der Waals surface area contributed by atoms with Crippen molar-refractivity contribution in [1.82, 2.24) is 0 Å². The molecule has 0 fully saturated rings. The van der Waals surface area contributed by atoms with Crippen LogP contribution in [0, 0.1) is 11.8 Å². The monoisotopic (exact) mass is 290 g/mol. The quantitative estimate of drug-likeness (QED) is 0.480. The van der Waals surface area contributed by atoms with Gasteiger partial charge < -0.3 is 8.85 Å². The third-order valence-corrected chi connectivity index (χ3v) is 8.74. The van der Waals surface area contributed by atoms with Crippen LogP contribution in [-0.4, -0.2) is 30.7 Å². The van der Waals surface area contributed by atoms with Crippen LogP contribution in [0.4, 0.5) is 0 Å². The lowest BCUT2D eigenvalue weighted by Crippen LogP contribution is -2.33. The minimum Gasteiger partial charge on any atom is -0.419 e. The first kappa shape index (κ1) is 18.4. The third-order valence-electron chi connectivity index (χ3n) is 4.27. The molecule has 2 nitrogen and oxygen atoms in total. The summed E-state index contributed by atoms with van der Waals surface area (Å²) in [5.74, 6) is 1.19. The van der Waals surface area contributed by atoms with Crippen molar-refractivity contribution in [3.05, 3.63) is 0 Å². The van der Waals surface area contributed by atoms with Crippen LogP contribution in [0.3, 0.4) is 0 Å². The van der Waals surface area contributed by atoms with E-state index in [0.29, 0.717) is 11.8 Å². The van der Waals surface area contributed by atoms with E-state index in [-0.39, 0.29) is 30.7 Å². The molecule has 0 aliphatic rings. The minimum atomic E-state index is -0.364. The molecule has 0 heterocycles. The molecule has 0 aromatic rings. The Morgan fingerprint density at radius 2 is 1.00 bits per heavy atom. The summed E-state index contributed by atoms with van der Waals surface area (Å²) >= 11 is 0. The average molecular weight is 291 g/mol. The van der Waals surface area contributed by atoms with Crippen molar-refractivity contribution >= 4 is 19.5 Å². The van der Waals surface area contributed by atoms with Crippen LogP contribution >= 0.6 is 0 Å². The molecule has 0 saturated heterocycles. The van der Waals surface area contributed by atoms with Crippen molar-refractivity contribution in [3.63, 3.8) is 0 Å². The molecule has 0 saturated carbocycles. The SMILES string of the molecule is CC(C)C(C)(C)O[SiH2]CC[SiH2]OC(C)(C)C(C)C. The fraction of sp³-hybridized carbons (Fsp3) is 1.00. The molecule has 0 aromatic carbocycles. The largest absolute Gasteiger partial charge is 0.419 e.